The van der Waals surface area contributed by atoms with Crippen molar-refractivity contribution in [1.29, 1.82) is 0 Å². The number of halogens is 1. The number of aryl methyl sites for hydroxylation is 2. The van der Waals surface area contributed by atoms with Crippen LogP contribution < -0.4 is 0 Å². The summed E-state index contributed by atoms with van der Waals surface area (Å²) in [5.74, 6) is 0. The van der Waals surface area contributed by atoms with Gasteiger partial charge >= 0.3 is 0 Å². The van der Waals surface area contributed by atoms with Crippen molar-refractivity contribution < 1.29 is 5.11 Å². The molecule has 0 saturated carbocycles. The Labute approximate surface area is 106 Å². The lowest BCUT2D eigenvalue weighted by Crippen LogP contribution is -2.01. The van der Waals surface area contributed by atoms with E-state index >= 15 is 0 Å². The van der Waals surface area contributed by atoms with E-state index in [0.717, 1.165) is 33.2 Å². The number of rotatable bonds is 2. The number of nitrogens with zero attached hydrogens (tertiary/aromatic N) is 2. The van der Waals surface area contributed by atoms with Crippen LogP contribution in [0.5, 0.6) is 0 Å². The van der Waals surface area contributed by atoms with Gasteiger partial charge in [0.2, 0.25) is 0 Å². The van der Waals surface area contributed by atoms with Gasteiger partial charge in [-0.2, -0.15) is 5.10 Å². The minimum atomic E-state index is 0.0182. The van der Waals surface area contributed by atoms with Gasteiger partial charge in [0.1, 0.15) is 0 Å². The normalized spacial score (nSPS) is 10.9. The van der Waals surface area contributed by atoms with Crippen LogP contribution in [0.3, 0.4) is 0 Å². The van der Waals surface area contributed by atoms with Crippen LogP contribution in [0.25, 0.3) is 5.69 Å². The van der Waals surface area contributed by atoms with Crippen LogP contribution in [0.2, 0.25) is 5.02 Å². The first-order chi connectivity index (χ1) is 8.04. The predicted octanol–water partition coefficient (Wildman–Crippen LogP) is 2.94. The maximum atomic E-state index is 9.30. The van der Waals surface area contributed by atoms with E-state index in [4.69, 9.17) is 11.6 Å². The third kappa shape index (κ3) is 2.08. The third-order valence-electron chi connectivity index (χ3n) is 2.99. The van der Waals surface area contributed by atoms with Crippen LogP contribution in [-0.2, 0) is 6.61 Å². The summed E-state index contributed by atoms with van der Waals surface area (Å²) in [5, 5.41) is 14.5. The number of hydrogen-bond acceptors (Lipinski definition) is 2. The van der Waals surface area contributed by atoms with Crippen molar-refractivity contribution in [3.8, 4) is 5.69 Å². The molecule has 17 heavy (non-hydrogen) atoms. The summed E-state index contributed by atoms with van der Waals surface area (Å²) in [5.41, 5.74) is 4.77. The molecule has 0 spiro atoms. The highest BCUT2D eigenvalue weighted by molar-refractivity contribution is 6.30. The molecular formula is C13H15ClN2O. The predicted molar refractivity (Wildman–Crippen MR) is 68.7 cm³/mol. The van der Waals surface area contributed by atoms with Crippen molar-refractivity contribution >= 4 is 11.6 Å². The highest BCUT2D eigenvalue weighted by atomic mass is 35.5. The van der Waals surface area contributed by atoms with Gasteiger partial charge in [-0.3, -0.25) is 0 Å². The quantitative estimate of drug-likeness (QED) is 0.890. The average Bonchev–Trinajstić information content (AvgIpc) is 2.54. The van der Waals surface area contributed by atoms with Crippen LogP contribution >= 0.6 is 11.6 Å². The summed E-state index contributed by atoms with van der Waals surface area (Å²) < 4.78 is 1.85. The Bertz CT molecular complexity index is 561. The lowest BCUT2D eigenvalue weighted by molar-refractivity contribution is 0.280. The fourth-order valence-electron chi connectivity index (χ4n) is 1.99. The third-order valence-corrected chi connectivity index (χ3v) is 3.22. The molecule has 0 saturated heterocycles. The SMILES string of the molecule is Cc1cc(Cl)ccc1-n1nc(C)c(CO)c1C. The first kappa shape index (κ1) is 12.1. The summed E-state index contributed by atoms with van der Waals surface area (Å²) in [6.45, 7) is 5.88. The first-order valence-electron chi connectivity index (χ1n) is 5.47. The first-order valence-corrected chi connectivity index (χ1v) is 5.85. The number of aliphatic hydroxyl groups is 1. The Balaban J connectivity index is 2.61. The minimum absolute atomic E-state index is 0.0182. The van der Waals surface area contributed by atoms with E-state index in [2.05, 4.69) is 5.10 Å². The van der Waals surface area contributed by atoms with Gasteiger partial charge in [-0.15, -0.1) is 0 Å². The Kier molecular flexibility index (Phi) is 3.22. The molecule has 4 heteroatoms. The smallest absolute Gasteiger partial charge is 0.0718 e. The van der Waals surface area contributed by atoms with Gasteiger partial charge in [0.15, 0.2) is 0 Å². The number of hydrogen-bond donors (Lipinski definition) is 1. The molecule has 0 unspecified atom stereocenters. The van der Waals surface area contributed by atoms with Crippen LogP contribution in [0, 0.1) is 20.8 Å². The monoisotopic (exact) mass is 250 g/mol. The summed E-state index contributed by atoms with van der Waals surface area (Å²) in [6.07, 6.45) is 0. The van der Waals surface area contributed by atoms with Gasteiger partial charge in [-0.05, 0) is 44.5 Å². The Hall–Kier alpha value is -1.32. The van der Waals surface area contributed by atoms with Crippen molar-refractivity contribution in [3.63, 3.8) is 0 Å². The molecule has 2 aromatic rings. The second-order valence-corrected chi connectivity index (χ2v) is 4.59. The average molecular weight is 251 g/mol. The fraction of sp³-hybridized carbons (Fsp3) is 0.308. The van der Waals surface area contributed by atoms with Crippen molar-refractivity contribution in [1.82, 2.24) is 9.78 Å². The van der Waals surface area contributed by atoms with E-state index in [1.54, 1.807) is 0 Å². The van der Waals surface area contributed by atoms with Crippen LogP contribution in [0.1, 0.15) is 22.5 Å². The van der Waals surface area contributed by atoms with Gasteiger partial charge in [0.25, 0.3) is 0 Å². The molecule has 0 amide bonds. The number of benzene rings is 1. The molecule has 0 aliphatic carbocycles. The molecule has 0 bridgehead atoms. The van der Waals surface area contributed by atoms with E-state index < -0.39 is 0 Å². The summed E-state index contributed by atoms with van der Waals surface area (Å²) in [6, 6.07) is 5.70. The molecule has 1 N–H and O–H groups in total. The zero-order chi connectivity index (χ0) is 12.6. The second-order valence-electron chi connectivity index (χ2n) is 4.15. The Morgan fingerprint density at radius 3 is 2.53 bits per heavy atom. The topological polar surface area (TPSA) is 38.0 Å². The van der Waals surface area contributed by atoms with Crippen LogP contribution in [0.15, 0.2) is 18.2 Å². The van der Waals surface area contributed by atoms with Crippen molar-refractivity contribution in [2.24, 2.45) is 0 Å². The molecule has 0 radical (unpaired) electrons. The molecule has 90 valence electrons. The molecule has 1 heterocycles. The van der Waals surface area contributed by atoms with Crippen molar-refractivity contribution in [2.75, 3.05) is 0 Å². The molecule has 0 fully saturated rings. The summed E-state index contributed by atoms with van der Waals surface area (Å²) in [7, 11) is 0. The van der Waals surface area contributed by atoms with Crippen LogP contribution in [0.4, 0.5) is 0 Å². The number of aromatic nitrogens is 2. The zero-order valence-corrected chi connectivity index (χ0v) is 10.9. The van der Waals surface area contributed by atoms with Crippen LogP contribution in [-0.4, -0.2) is 14.9 Å². The van der Waals surface area contributed by atoms with Crippen molar-refractivity contribution in [2.45, 2.75) is 27.4 Å². The van der Waals surface area contributed by atoms with Crippen molar-refractivity contribution in [3.05, 3.63) is 45.7 Å². The lowest BCUT2D eigenvalue weighted by atomic mass is 10.2. The van der Waals surface area contributed by atoms with Gasteiger partial charge < -0.3 is 5.11 Å². The van der Waals surface area contributed by atoms with Gasteiger partial charge in [-0.25, -0.2) is 4.68 Å². The summed E-state index contributed by atoms with van der Waals surface area (Å²) in [4.78, 5) is 0. The van der Waals surface area contributed by atoms with E-state index in [1.807, 2.05) is 43.7 Å². The lowest BCUT2D eigenvalue weighted by Gasteiger charge is -2.08. The van der Waals surface area contributed by atoms with Gasteiger partial charge in [0, 0.05) is 16.3 Å². The molecular weight excluding hydrogens is 236 g/mol. The van der Waals surface area contributed by atoms with E-state index in [1.165, 1.54) is 0 Å². The maximum Gasteiger partial charge on any atom is 0.0718 e. The molecule has 0 atom stereocenters. The number of aliphatic hydroxyl groups excluding tert-OH is 1. The fourth-order valence-corrected chi connectivity index (χ4v) is 2.22. The molecule has 3 nitrogen and oxygen atoms in total. The van der Waals surface area contributed by atoms with Gasteiger partial charge in [-0.1, -0.05) is 11.6 Å². The highest BCUT2D eigenvalue weighted by Crippen LogP contribution is 2.22. The molecule has 1 aromatic carbocycles. The van der Waals surface area contributed by atoms with Gasteiger partial charge in [0.05, 0.1) is 18.0 Å². The largest absolute Gasteiger partial charge is 0.392 e. The molecule has 1 aromatic heterocycles. The maximum absolute atomic E-state index is 9.30. The zero-order valence-electron chi connectivity index (χ0n) is 10.2. The molecule has 0 aliphatic rings. The van der Waals surface area contributed by atoms with E-state index in [-0.39, 0.29) is 6.61 Å². The molecule has 2 rings (SSSR count). The minimum Gasteiger partial charge on any atom is -0.392 e. The van der Waals surface area contributed by atoms with E-state index in [9.17, 15) is 5.11 Å². The van der Waals surface area contributed by atoms with E-state index in [0.29, 0.717) is 0 Å². The Morgan fingerprint density at radius 1 is 1.29 bits per heavy atom. The second kappa shape index (κ2) is 4.51. The summed E-state index contributed by atoms with van der Waals surface area (Å²) >= 11 is 5.94. The Morgan fingerprint density at radius 2 is 2.00 bits per heavy atom. The molecule has 0 aliphatic heterocycles. The standard InChI is InChI=1S/C13H15ClN2O/c1-8-6-11(14)4-5-13(8)16-10(3)12(7-17)9(2)15-16/h4-6,17H,7H2,1-3H3. The highest BCUT2D eigenvalue weighted by Gasteiger charge is 2.13.